The Kier molecular flexibility index (Phi) is 6.45. The summed E-state index contributed by atoms with van der Waals surface area (Å²) in [5.74, 6) is -0.702. The van der Waals surface area contributed by atoms with Crippen molar-refractivity contribution in [1.82, 2.24) is 0 Å². The molecule has 0 bridgehead atoms. The van der Waals surface area contributed by atoms with Gasteiger partial charge in [0.2, 0.25) is 0 Å². The fraction of sp³-hybridized carbons (Fsp3) is 0.360. The van der Waals surface area contributed by atoms with Crippen LogP contribution in [0, 0.1) is 20.8 Å². The zero-order valence-electron chi connectivity index (χ0n) is 17.0. The monoisotopic (exact) mass is 375 g/mol. The lowest BCUT2D eigenvalue weighted by Gasteiger charge is -2.23. The zero-order chi connectivity index (χ0) is 20.1. The number of rotatable bonds is 5. The molecule has 1 unspecified atom stereocenters. The smallest absolute Gasteiger partial charge is 0.335 e. The van der Waals surface area contributed by atoms with E-state index >= 15 is 0 Å². The highest BCUT2D eigenvalue weighted by Gasteiger charge is 2.21. The van der Waals surface area contributed by atoms with Crippen molar-refractivity contribution in [3.63, 3.8) is 0 Å². The third-order valence-corrected chi connectivity index (χ3v) is 5.72. The number of aryl methyl sites for hydroxylation is 2. The largest absolute Gasteiger partial charge is 0.478 e. The van der Waals surface area contributed by atoms with Gasteiger partial charge in [0.1, 0.15) is 0 Å². The zero-order valence-corrected chi connectivity index (χ0v) is 17.0. The molecule has 0 spiro atoms. The van der Waals surface area contributed by atoms with E-state index in [2.05, 4.69) is 44.3 Å². The van der Waals surface area contributed by atoms with Gasteiger partial charge in [-0.25, -0.2) is 4.79 Å². The molecule has 0 fully saturated rings. The van der Waals surface area contributed by atoms with Crippen molar-refractivity contribution in [2.75, 3.05) is 0 Å². The molecule has 0 aliphatic carbocycles. The van der Waals surface area contributed by atoms with Crippen LogP contribution in [0.1, 0.15) is 69.8 Å². The number of aromatic carboxylic acids is 1. The van der Waals surface area contributed by atoms with Gasteiger partial charge in [0.25, 0.3) is 0 Å². The maximum absolute atomic E-state index is 11.3. The van der Waals surface area contributed by atoms with E-state index in [-0.39, 0.29) is 5.92 Å². The van der Waals surface area contributed by atoms with E-state index in [1.165, 1.54) is 29.5 Å². The number of carboxylic acid groups (broad SMARTS) is 1. The number of benzene rings is 2. The normalized spacial score (nSPS) is 17.3. The minimum absolute atomic E-state index is 0.171. The number of nitrogens with zero attached hydrogens (tertiary/aromatic N) is 1. The van der Waals surface area contributed by atoms with Crippen LogP contribution >= 0.6 is 0 Å². The van der Waals surface area contributed by atoms with Crippen LogP contribution in [0.3, 0.4) is 0 Å². The molecule has 1 heterocycles. The number of carbonyl (C=O) groups is 1. The Balaban J connectivity index is 2.02. The van der Waals surface area contributed by atoms with Crippen LogP contribution in [0.5, 0.6) is 0 Å². The molecule has 0 radical (unpaired) electrons. The van der Waals surface area contributed by atoms with Crippen LogP contribution < -0.4 is 0 Å². The second kappa shape index (κ2) is 9.01. The molecule has 1 aliphatic heterocycles. The van der Waals surface area contributed by atoms with Crippen molar-refractivity contribution in [2.45, 2.75) is 58.8 Å². The number of carboxylic acids is 1. The maximum Gasteiger partial charge on any atom is 0.335 e. The van der Waals surface area contributed by atoms with Crippen molar-refractivity contribution in [2.24, 2.45) is 4.99 Å². The fourth-order valence-corrected chi connectivity index (χ4v) is 3.94. The highest BCUT2D eigenvalue weighted by Crippen LogP contribution is 2.34. The molecule has 3 heteroatoms. The SMILES string of the molecule is Cc1cc(CC(/C2=C/CCCCC=N2)c2cccc(C)c2C)ccc1C(=O)O. The highest BCUT2D eigenvalue weighted by molar-refractivity contribution is 5.89. The van der Waals surface area contributed by atoms with Crippen LogP contribution in [0.25, 0.3) is 0 Å². The molecule has 0 aromatic heterocycles. The maximum atomic E-state index is 11.3. The summed E-state index contributed by atoms with van der Waals surface area (Å²) in [6.07, 6.45) is 9.64. The van der Waals surface area contributed by atoms with E-state index in [1.807, 2.05) is 19.1 Å². The quantitative estimate of drug-likeness (QED) is 0.680. The highest BCUT2D eigenvalue weighted by atomic mass is 16.4. The summed E-state index contributed by atoms with van der Waals surface area (Å²) in [6.45, 7) is 6.20. The lowest BCUT2D eigenvalue weighted by atomic mass is 9.84. The summed E-state index contributed by atoms with van der Waals surface area (Å²) < 4.78 is 0. The summed E-state index contributed by atoms with van der Waals surface area (Å²) in [7, 11) is 0. The lowest BCUT2D eigenvalue weighted by molar-refractivity contribution is 0.0696. The van der Waals surface area contributed by atoms with Crippen molar-refractivity contribution in [3.8, 4) is 0 Å². The Morgan fingerprint density at radius 1 is 1.07 bits per heavy atom. The summed E-state index contributed by atoms with van der Waals surface area (Å²) in [6, 6.07) is 12.2. The molecule has 0 saturated carbocycles. The number of aliphatic imine (C=N–C) groups is 1. The van der Waals surface area contributed by atoms with E-state index in [0.29, 0.717) is 5.56 Å². The molecule has 3 nitrogen and oxygen atoms in total. The van der Waals surface area contributed by atoms with E-state index < -0.39 is 5.97 Å². The van der Waals surface area contributed by atoms with Gasteiger partial charge >= 0.3 is 5.97 Å². The topological polar surface area (TPSA) is 49.7 Å². The lowest BCUT2D eigenvalue weighted by Crippen LogP contribution is -2.10. The molecular formula is C25H29NO2. The third kappa shape index (κ3) is 4.59. The van der Waals surface area contributed by atoms with Gasteiger partial charge in [-0.05, 0) is 86.8 Å². The van der Waals surface area contributed by atoms with Crippen molar-refractivity contribution in [3.05, 3.63) is 81.6 Å². The van der Waals surface area contributed by atoms with E-state index in [9.17, 15) is 9.90 Å². The van der Waals surface area contributed by atoms with Crippen molar-refractivity contribution < 1.29 is 9.90 Å². The fourth-order valence-electron chi connectivity index (χ4n) is 3.94. The van der Waals surface area contributed by atoms with Gasteiger partial charge in [-0.2, -0.15) is 0 Å². The summed E-state index contributed by atoms with van der Waals surface area (Å²) >= 11 is 0. The van der Waals surface area contributed by atoms with Crippen LogP contribution in [-0.2, 0) is 6.42 Å². The summed E-state index contributed by atoms with van der Waals surface area (Å²) in [4.78, 5) is 16.2. The molecule has 28 heavy (non-hydrogen) atoms. The van der Waals surface area contributed by atoms with Crippen LogP contribution in [0.4, 0.5) is 0 Å². The van der Waals surface area contributed by atoms with Crippen molar-refractivity contribution >= 4 is 12.2 Å². The molecule has 0 saturated heterocycles. The third-order valence-electron chi connectivity index (χ3n) is 5.72. The Morgan fingerprint density at radius 3 is 2.61 bits per heavy atom. The first-order chi connectivity index (χ1) is 13.5. The van der Waals surface area contributed by atoms with Crippen molar-refractivity contribution in [1.29, 1.82) is 0 Å². The predicted molar refractivity (Wildman–Crippen MR) is 116 cm³/mol. The molecule has 2 aromatic carbocycles. The Morgan fingerprint density at radius 2 is 1.86 bits per heavy atom. The second-order valence-corrected chi connectivity index (χ2v) is 7.73. The molecule has 3 rings (SSSR count). The number of allylic oxidation sites excluding steroid dienone is 2. The molecule has 1 aliphatic rings. The summed E-state index contributed by atoms with van der Waals surface area (Å²) in [5, 5.41) is 9.32. The van der Waals surface area contributed by atoms with Gasteiger partial charge < -0.3 is 5.11 Å². The Bertz CT molecular complexity index is 924. The second-order valence-electron chi connectivity index (χ2n) is 7.73. The molecule has 0 amide bonds. The van der Waals surface area contributed by atoms with E-state index in [4.69, 9.17) is 4.99 Å². The molecule has 1 N–H and O–H groups in total. The van der Waals surface area contributed by atoms with Crippen LogP contribution in [-0.4, -0.2) is 17.3 Å². The molecule has 2 aromatic rings. The predicted octanol–water partition coefficient (Wildman–Crippen LogP) is 6.17. The summed E-state index contributed by atoms with van der Waals surface area (Å²) in [5.41, 5.74) is 7.36. The Labute approximate surface area is 167 Å². The van der Waals surface area contributed by atoms with Gasteiger partial charge in [-0.15, -0.1) is 0 Å². The van der Waals surface area contributed by atoms with E-state index in [1.54, 1.807) is 6.07 Å². The van der Waals surface area contributed by atoms with Crippen LogP contribution in [0.2, 0.25) is 0 Å². The number of hydrogen-bond donors (Lipinski definition) is 1. The van der Waals surface area contributed by atoms with Gasteiger partial charge in [0.15, 0.2) is 0 Å². The average Bonchev–Trinajstić information content (AvgIpc) is 2.62. The first-order valence-electron chi connectivity index (χ1n) is 10.1. The van der Waals surface area contributed by atoms with Gasteiger partial charge in [-0.1, -0.05) is 36.4 Å². The number of hydrogen-bond acceptors (Lipinski definition) is 2. The Hall–Kier alpha value is -2.68. The first kappa shape index (κ1) is 20.1. The minimum Gasteiger partial charge on any atom is -0.478 e. The minimum atomic E-state index is -0.873. The van der Waals surface area contributed by atoms with Gasteiger partial charge in [-0.3, -0.25) is 4.99 Å². The first-order valence-corrected chi connectivity index (χ1v) is 10.1. The molecule has 146 valence electrons. The molecular weight excluding hydrogens is 346 g/mol. The van der Waals surface area contributed by atoms with Gasteiger partial charge in [0.05, 0.1) is 5.56 Å². The van der Waals surface area contributed by atoms with Crippen LogP contribution in [0.15, 0.2) is 53.2 Å². The van der Waals surface area contributed by atoms with Gasteiger partial charge in [0, 0.05) is 17.8 Å². The standard InChI is InChI=1S/C25H29NO2/c1-17-9-8-10-22(19(17)3)23(24-11-6-4-5-7-14-26-24)16-20-12-13-21(25(27)28)18(2)15-20/h8-15,23H,4-7,16H2,1-3H3,(H,27,28)/b24-11-,26-14?. The van der Waals surface area contributed by atoms with E-state index in [0.717, 1.165) is 36.1 Å². The average molecular weight is 376 g/mol. The molecule has 1 atom stereocenters.